The molecule has 0 fully saturated rings. The molecular formula is C15H21O. The first kappa shape index (κ1) is 12.8. The molecule has 16 heavy (non-hydrogen) atoms. The van der Waals surface area contributed by atoms with E-state index < -0.39 is 0 Å². The monoisotopic (exact) mass is 217 g/mol. The molecule has 0 aliphatic rings. The molecule has 1 heteroatoms. The normalized spacial score (nSPS) is 10.9. The zero-order valence-corrected chi connectivity index (χ0v) is 10.1. The van der Waals surface area contributed by atoms with Gasteiger partial charge < -0.3 is 4.74 Å². The van der Waals surface area contributed by atoms with Crippen LogP contribution in [0.3, 0.4) is 0 Å². The molecule has 0 aromatic heterocycles. The molecule has 87 valence electrons. The maximum absolute atomic E-state index is 5.65. The SMILES string of the molecule is [CH2]/C=C/c1ccc(OCCCCCC)cc1. The average Bonchev–Trinajstić information content (AvgIpc) is 2.31. The third kappa shape index (κ3) is 5.01. The lowest BCUT2D eigenvalue weighted by Crippen LogP contribution is -1.96. The Labute approximate surface area is 99.1 Å². The van der Waals surface area contributed by atoms with E-state index in [0.717, 1.165) is 24.3 Å². The standard InChI is InChI=1S/C15H21O/c1-3-5-6-7-13-16-15-11-9-14(8-4-2)10-12-15/h4,8-12H,2-3,5-7,13H2,1H3/b8-4+. The van der Waals surface area contributed by atoms with E-state index in [1.54, 1.807) is 6.08 Å². The highest BCUT2D eigenvalue weighted by Crippen LogP contribution is 2.13. The van der Waals surface area contributed by atoms with E-state index in [4.69, 9.17) is 4.74 Å². The van der Waals surface area contributed by atoms with E-state index in [0.29, 0.717) is 0 Å². The van der Waals surface area contributed by atoms with Gasteiger partial charge in [0, 0.05) is 0 Å². The Morgan fingerprint density at radius 2 is 1.88 bits per heavy atom. The Balaban J connectivity index is 2.26. The molecule has 1 nitrogen and oxygen atoms in total. The summed E-state index contributed by atoms with van der Waals surface area (Å²) in [6, 6.07) is 8.11. The van der Waals surface area contributed by atoms with Crippen molar-refractivity contribution >= 4 is 6.08 Å². The molecule has 0 aliphatic heterocycles. The van der Waals surface area contributed by atoms with Crippen LogP contribution < -0.4 is 4.74 Å². The molecule has 0 aliphatic carbocycles. The molecule has 1 aromatic carbocycles. The summed E-state index contributed by atoms with van der Waals surface area (Å²) in [6.45, 7) is 6.71. The minimum absolute atomic E-state index is 0.824. The molecule has 0 bridgehead atoms. The van der Waals surface area contributed by atoms with Crippen molar-refractivity contribution in [2.45, 2.75) is 32.6 Å². The molecule has 0 N–H and O–H groups in total. The second kappa shape index (κ2) is 7.98. The number of hydrogen-bond donors (Lipinski definition) is 0. The summed E-state index contributed by atoms with van der Waals surface area (Å²) in [5.74, 6) is 0.956. The predicted octanol–water partition coefficient (Wildman–Crippen LogP) is 4.49. The van der Waals surface area contributed by atoms with Gasteiger partial charge in [-0.25, -0.2) is 0 Å². The zero-order valence-electron chi connectivity index (χ0n) is 10.1. The van der Waals surface area contributed by atoms with Gasteiger partial charge in [-0.15, -0.1) is 0 Å². The van der Waals surface area contributed by atoms with Crippen molar-refractivity contribution in [3.8, 4) is 5.75 Å². The summed E-state index contributed by atoms with van der Waals surface area (Å²) in [6.07, 6.45) is 8.75. The van der Waals surface area contributed by atoms with Crippen molar-refractivity contribution in [2.24, 2.45) is 0 Å². The van der Waals surface area contributed by atoms with Crippen LogP contribution >= 0.6 is 0 Å². The molecule has 0 spiro atoms. The molecule has 0 heterocycles. The summed E-state index contributed by atoms with van der Waals surface area (Å²) in [5.41, 5.74) is 1.16. The van der Waals surface area contributed by atoms with Crippen molar-refractivity contribution in [3.63, 3.8) is 0 Å². The van der Waals surface area contributed by atoms with Gasteiger partial charge in [0.1, 0.15) is 5.75 Å². The van der Waals surface area contributed by atoms with Crippen molar-refractivity contribution in [2.75, 3.05) is 6.61 Å². The quantitative estimate of drug-likeness (QED) is 0.611. The van der Waals surface area contributed by atoms with Gasteiger partial charge in [0.25, 0.3) is 0 Å². The van der Waals surface area contributed by atoms with E-state index in [-0.39, 0.29) is 0 Å². The largest absolute Gasteiger partial charge is 0.494 e. The second-order valence-corrected chi connectivity index (χ2v) is 3.88. The lowest BCUT2D eigenvalue weighted by atomic mass is 10.2. The lowest BCUT2D eigenvalue weighted by molar-refractivity contribution is 0.305. The van der Waals surface area contributed by atoms with Crippen LogP contribution in [0.2, 0.25) is 0 Å². The van der Waals surface area contributed by atoms with E-state index in [9.17, 15) is 0 Å². The minimum Gasteiger partial charge on any atom is -0.494 e. The van der Waals surface area contributed by atoms with E-state index in [1.165, 1.54) is 19.3 Å². The highest BCUT2D eigenvalue weighted by Gasteiger charge is 1.93. The molecule has 0 saturated carbocycles. The fourth-order valence-corrected chi connectivity index (χ4v) is 1.53. The van der Waals surface area contributed by atoms with Crippen molar-refractivity contribution in [1.29, 1.82) is 0 Å². The number of benzene rings is 1. The first-order chi connectivity index (χ1) is 7.86. The van der Waals surface area contributed by atoms with Crippen LogP contribution in [0.15, 0.2) is 30.3 Å². The van der Waals surface area contributed by atoms with E-state index in [1.807, 2.05) is 30.3 Å². The molecule has 1 aromatic rings. The van der Waals surface area contributed by atoms with Gasteiger partial charge in [-0.05, 0) is 31.0 Å². The summed E-state index contributed by atoms with van der Waals surface area (Å²) >= 11 is 0. The number of unbranched alkanes of at least 4 members (excludes halogenated alkanes) is 3. The summed E-state index contributed by atoms with van der Waals surface area (Å²) < 4.78 is 5.65. The molecule has 0 saturated heterocycles. The molecule has 1 rings (SSSR count). The van der Waals surface area contributed by atoms with Gasteiger partial charge in [-0.3, -0.25) is 0 Å². The van der Waals surface area contributed by atoms with Crippen LogP contribution in [0.1, 0.15) is 38.2 Å². The van der Waals surface area contributed by atoms with Crippen molar-refractivity contribution in [3.05, 3.63) is 42.8 Å². The van der Waals surface area contributed by atoms with E-state index >= 15 is 0 Å². The Hall–Kier alpha value is -1.24. The number of ether oxygens (including phenoxy) is 1. The summed E-state index contributed by atoms with van der Waals surface area (Å²) in [4.78, 5) is 0. The van der Waals surface area contributed by atoms with Gasteiger partial charge in [-0.1, -0.05) is 50.5 Å². The van der Waals surface area contributed by atoms with Crippen LogP contribution in [0, 0.1) is 6.92 Å². The minimum atomic E-state index is 0.824. The Kier molecular flexibility index (Phi) is 6.39. The summed E-state index contributed by atoms with van der Waals surface area (Å²) in [5, 5.41) is 0. The number of rotatable bonds is 7. The maximum atomic E-state index is 5.65. The molecule has 0 amide bonds. The number of allylic oxidation sites excluding steroid dienone is 1. The first-order valence-electron chi connectivity index (χ1n) is 6.05. The Morgan fingerprint density at radius 1 is 1.12 bits per heavy atom. The van der Waals surface area contributed by atoms with Crippen LogP contribution in [0.4, 0.5) is 0 Å². The second-order valence-electron chi connectivity index (χ2n) is 3.88. The van der Waals surface area contributed by atoms with Crippen LogP contribution in [-0.2, 0) is 0 Å². The highest BCUT2D eigenvalue weighted by molar-refractivity contribution is 5.50. The van der Waals surface area contributed by atoms with Gasteiger partial charge in [-0.2, -0.15) is 0 Å². The predicted molar refractivity (Wildman–Crippen MR) is 70.5 cm³/mol. The third-order valence-corrected chi connectivity index (χ3v) is 2.46. The lowest BCUT2D eigenvalue weighted by Gasteiger charge is -2.05. The van der Waals surface area contributed by atoms with Gasteiger partial charge in [0.15, 0.2) is 0 Å². The third-order valence-electron chi connectivity index (χ3n) is 2.46. The Morgan fingerprint density at radius 3 is 2.50 bits per heavy atom. The van der Waals surface area contributed by atoms with Gasteiger partial charge in [0.05, 0.1) is 6.61 Å². The van der Waals surface area contributed by atoms with Crippen LogP contribution in [-0.4, -0.2) is 6.61 Å². The topological polar surface area (TPSA) is 9.23 Å². The first-order valence-corrected chi connectivity index (χ1v) is 6.05. The maximum Gasteiger partial charge on any atom is 0.119 e. The van der Waals surface area contributed by atoms with Crippen molar-refractivity contribution < 1.29 is 4.74 Å². The zero-order chi connectivity index (χ0) is 11.6. The van der Waals surface area contributed by atoms with Crippen molar-refractivity contribution in [1.82, 2.24) is 0 Å². The highest BCUT2D eigenvalue weighted by atomic mass is 16.5. The fourth-order valence-electron chi connectivity index (χ4n) is 1.53. The van der Waals surface area contributed by atoms with Gasteiger partial charge >= 0.3 is 0 Å². The smallest absolute Gasteiger partial charge is 0.119 e. The molecular weight excluding hydrogens is 196 g/mol. The van der Waals surface area contributed by atoms with Crippen LogP contribution in [0.5, 0.6) is 5.75 Å². The fraction of sp³-hybridized carbons (Fsp3) is 0.400. The van der Waals surface area contributed by atoms with Crippen LogP contribution in [0.25, 0.3) is 6.08 Å². The molecule has 1 radical (unpaired) electrons. The van der Waals surface area contributed by atoms with Gasteiger partial charge in [0.2, 0.25) is 0 Å². The molecule has 0 unspecified atom stereocenters. The van der Waals surface area contributed by atoms with E-state index in [2.05, 4.69) is 13.8 Å². The Bertz CT molecular complexity index is 298. The summed E-state index contributed by atoms with van der Waals surface area (Å²) in [7, 11) is 0. The average molecular weight is 217 g/mol. The molecule has 0 atom stereocenters. The number of hydrogen-bond acceptors (Lipinski definition) is 1.